The third kappa shape index (κ3) is 8.56. The molecule has 1 aromatic heterocycles. The van der Waals surface area contributed by atoms with Gasteiger partial charge < -0.3 is 28.5 Å². The van der Waals surface area contributed by atoms with Crippen LogP contribution >= 0.6 is 15.9 Å². The maximum absolute atomic E-state index is 13.6. The van der Waals surface area contributed by atoms with Crippen LogP contribution in [0.1, 0.15) is 62.0 Å². The fraction of sp³-hybridized carbons (Fsp3) is 0.424. The summed E-state index contributed by atoms with van der Waals surface area (Å²) in [4.78, 5) is 39.5. The summed E-state index contributed by atoms with van der Waals surface area (Å²) in [7, 11) is 0. The second-order valence-electron chi connectivity index (χ2n) is 10.7. The van der Waals surface area contributed by atoms with Gasteiger partial charge >= 0.3 is 12.1 Å². The number of esters is 1. The number of ether oxygens (including phenoxy) is 4. The van der Waals surface area contributed by atoms with Crippen LogP contribution in [-0.2, 0) is 41.6 Å². The molecule has 0 bridgehead atoms. The topological polar surface area (TPSA) is 125 Å². The average Bonchev–Trinajstić information content (AvgIpc) is 3.54. The van der Waals surface area contributed by atoms with E-state index in [1.54, 1.807) is 19.9 Å². The molecule has 3 aromatic rings. The molecule has 4 rings (SSSR count). The number of carbonyl (C=O) groups excluding carboxylic acids is 3. The van der Waals surface area contributed by atoms with Gasteiger partial charge in [0.2, 0.25) is 5.91 Å². The summed E-state index contributed by atoms with van der Waals surface area (Å²) >= 11 is 3.51. The monoisotopic (exact) mass is 671 g/mol. The molecule has 0 aliphatic carbocycles. The van der Waals surface area contributed by atoms with Gasteiger partial charge in [0, 0.05) is 20.0 Å². The van der Waals surface area contributed by atoms with Crippen LogP contribution in [0.5, 0.6) is 0 Å². The lowest BCUT2D eigenvalue weighted by Gasteiger charge is -2.26. The summed E-state index contributed by atoms with van der Waals surface area (Å²) in [5, 5.41) is 9.62. The molecule has 1 saturated heterocycles. The molecule has 2 heterocycles. The number of rotatable bonds is 15. The molecule has 44 heavy (non-hydrogen) atoms. The van der Waals surface area contributed by atoms with E-state index in [-0.39, 0.29) is 19.0 Å². The van der Waals surface area contributed by atoms with Gasteiger partial charge in [-0.2, -0.15) is 0 Å². The van der Waals surface area contributed by atoms with Crippen molar-refractivity contribution in [1.29, 1.82) is 0 Å². The van der Waals surface area contributed by atoms with Gasteiger partial charge in [0.25, 0.3) is 0 Å². The third-order valence-electron chi connectivity index (χ3n) is 7.36. The Balaban J connectivity index is 1.34. The summed E-state index contributed by atoms with van der Waals surface area (Å²) in [6.45, 7) is 5.45. The SMILES string of the molecule is CC(=O)O[C@H](c1cc(Br)c(CCCOC[C@@H](CO)OCc2ccccc2)o1)[C@H](C)C(=O)N1C(=O)O[C@H](c2ccccc2)[C@@H]1C. The number of amides is 2. The van der Waals surface area contributed by atoms with E-state index in [4.69, 9.17) is 23.4 Å². The molecule has 1 aliphatic heterocycles. The van der Waals surface area contributed by atoms with E-state index in [1.807, 2.05) is 60.7 Å². The Morgan fingerprint density at radius 1 is 1.09 bits per heavy atom. The maximum Gasteiger partial charge on any atom is 0.417 e. The van der Waals surface area contributed by atoms with E-state index in [0.29, 0.717) is 36.3 Å². The van der Waals surface area contributed by atoms with Crippen molar-refractivity contribution in [2.45, 2.75) is 64.6 Å². The van der Waals surface area contributed by atoms with E-state index in [1.165, 1.54) is 6.92 Å². The van der Waals surface area contributed by atoms with E-state index < -0.39 is 48.2 Å². The molecule has 10 nitrogen and oxygen atoms in total. The van der Waals surface area contributed by atoms with Crippen LogP contribution in [-0.4, -0.2) is 59.9 Å². The van der Waals surface area contributed by atoms with Gasteiger partial charge in [-0.3, -0.25) is 9.59 Å². The van der Waals surface area contributed by atoms with Crippen molar-refractivity contribution in [2.75, 3.05) is 19.8 Å². The second-order valence-corrected chi connectivity index (χ2v) is 11.5. The zero-order chi connectivity index (χ0) is 31.6. The summed E-state index contributed by atoms with van der Waals surface area (Å²) in [5.74, 6) is -1.20. The predicted molar refractivity (Wildman–Crippen MR) is 163 cm³/mol. The number of imide groups is 1. The number of furan rings is 1. The van der Waals surface area contributed by atoms with Gasteiger partial charge in [-0.05, 0) is 53.4 Å². The molecule has 0 saturated carbocycles. The first-order valence-corrected chi connectivity index (χ1v) is 15.4. The molecule has 0 radical (unpaired) electrons. The van der Waals surface area contributed by atoms with Crippen LogP contribution in [0.25, 0.3) is 0 Å². The van der Waals surface area contributed by atoms with Gasteiger partial charge in [0.05, 0.1) is 36.3 Å². The Kier molecular flexibility index (Phi) is 12.1. The first-order chi connectivity index (χ1) is 21.2. The number of benzene rings is 2. The molecule has 1 aliphatic rings. The molecule has 2 amide bonds. The fourth-order valence-electron chi connectivity index (χ4n) is 5.01. The number of nitrogens with zero attached hydrogens (tertiary/aromatic N) is 1. The number of halogens is 1. The van der Waals surface area contributed by atoms with E-state index >= 15 is 0 Å². The van der Waals surface area contributed by atoms with Crippen LogP contribution in [0, 0.1) is 5.92 Å². The van der Waals surface area contributed by atoms with Crippen molar-refractivity contribution in [3.05, 3.63) is 93.9 Å². The summed E-state index contributed by atoms with van der Waals surface area (Å²) in [6, 6.07) is 20.0. The lowest BCUT2D eigenvalue weighted by atomic mass is 9.98. The minimum atomic E-state index is -1.07. The van der Waals surface area contributed by atoms with Gasteiger partial charge in [-0.1, -0.05) is 60.7 Å². The Morgan fingerprint density at radius 2 is 1.77 bits per heavy atom. The average molecular weight is 673 g/mol. The molecule has 1 fully saturated rings. The summed E-state index contributed by atoms with van der Waals surface area (Å²) < 4.78 is 29.3. The van der Waals surface area contributed by atoms with Gasteiger partial charge in [0.15, 0.2) is 6.10 Å². The molecule has 0 unspecified atom stereocenters. The normalized spacial score (nSPS) is 18.5. The number of cyclic esters (lactones) is 1. The number of aliphatic hydroxyl groups excluding tert-OH is 1. The van der Waals surface area contributed by atoms with Crippen molar-refractivity contribution >= 4 is 33.9 Å². The second kappa shape index (κ2) is 16.0. The van der Waals surface area contributed by atoms with Crippen LogP contribution in [0.15, 0.2) is 75.6 Å². The van der Waals surface area contributed by atoms with E-state index in [0.717, 1.165) is 16.0 Å². The van der Waals surface area contributed by atoms with Gasteiger partial charge in [-0.25, -0.2) is 9.69 Å². The number of hydrogen-bond acceptors (Lipinski definition) is 9. The lowest BCUT2D eigenvalue weighted by Crippen LogP contribution is -2.43. The smallest absolute Gasteiger partial charge is 0.417 e. The molecule has 5 atom stereocenters. The Morgan fingerprint density at radius 3 is 2.43 bits per heavy atom. The van der Waals surface area contributed by atoms with E-state index in [2.05, 4.69) is 15.9 Å². The zero-order valence-electron chi connectivity index (χ0n) is 25.0. The van der Waals surface area contributed by atoms with Gasteiger partial charge in [-0.15, -0.1) is 0 Å². The number of hydrogen-bond donors (Lipinski definition) is 1. The molecule has 236 valence electrons. The highest BCUT2D eigenvalue weighted by Crippen LogP contribution is 2.38. The summed E-state index contributed by atoms with van der Waals surface area (Å²) in [6.07, 6.45) is -1.77. The molecule has 11 heteroatoms. The third-order valence-corrected chi connectivity index (χ3v) is 8.03. The Hall–Kier alpha value is -3.51. The number of carbonyl (C=O) groups is 3. The zero-order valence-corrected chi connectivity index (χ0v) is 26.6. The van der Waals surface area contributed by atoms with Crippen molar-refractivity contribution in [2.24, 2.45) is 5.92 Å². The highest BCUT2D eigenvalue weighted by molar-refractivity contribution is 9.10. The Bertz CT molecular complexity index is 1380. The van der Waals surface area contributed by atoms with E-state index in [9.17, 15) is 19.5 Å². The summed E-state index contributed by atoms with van der Waals surface area (Å²) in [5.41, 5.74) is 1.79. The molecule has 1 N–H and O–H groups in total. The Labute approximate surface area is 265 Å². The fourth-order valence-corrected chi connectivity index (χ4v) is 5.51. The van der Waals surface area contributed by atoms with Crippen molar-refractivity contribution in [3.63, 3.8) is 0 Å². The first-order valence-electron chi connectivity index (χ1n) is 14.6. The molecular weight excluding hydrogens is 634 g/mol. The largest absolute Gasteiger partial charge is 0.461 e. The standard InChI is InChI=1S/C33H38BrNO9/c1-21(32(38)35-22(2)31(44-33(35)39)25-13-8-5-9-14-25)30(42-23(3)37)29-17-27(34)28(43-29)15-10-16-40-20-26(18-36)41-19-24-11-6-4-7-12-24/h4-9,11-14,17,21-22,26,30-31,36H,10,15-16,18-20H2,1-3H3/t21-,22-,26+,30-,31-/m0/s1. The van der Waals surface area contributed by atoms with Crippen LogP contribution in [0.4, 0.5) is 4.79 Å². The van der Waals surface area contributed by atoms with Gasteiger partial charge in [0.1, 0.15) is 23.7 Å². The minimum Gasteiger partial charge on any atom is -0.461 e. The molecular formula is C33H38BrNO9. The predicted octanol–water partition coefficient (Wildman–Crippen LogP) is 5.92. The first kappa shape index (κ1) is 33.4. The molecule has 2 aromatic carbocycles. The lowest BCUT2D eigenvalue weighted by molar-refractivity contribution is -0.154. The molecule has 0 spiro atoms. The van der Waals surface area contributed by atoms with Crippen molar-refractivity contribution in [3.8, 4) is 0 Å². The maximum atomic E-state index is 13.6. The number of aryl methyl sites for hydroxylation is 1. The highest BCUT2D eigenvalue weighted by atomic mass is 79.9. The number of aliphatic hydroxyl groups is 1. The highest BCUT2D eigenvalue weighted by Gasteiger charge is 2.47. The van der Waals surface area contributed by atoms with Crippen LogP contribution in [0.2, 0.25) is 0 Å². The van der Waals surface area contributed by atoms with Crippen molar-refractivity contribution < 1.29 is 42.9 Å². The van der Waals surface area contributed by atoms with Crippen LogP contribution in [0.3, 0.4) is 0 Å². The van der Waals surface area contributed by atoms with Crippen LogP contribution < -0.4 is 0 Å². The minimum absolute atomic E-state index is 0.158. The van der Waals surface area contributed by atoms with Crippen molar-refractivity contribution in [1.82, 2.24) is 4.90 Å². The quantitative estimate of drug-likeness (QED) is 0.155.